The number of alkyl halides is 3. The minimum absolute atomic E-state index is 0.140. The van der Waals surface area contributed by atoms with Crippen LogP contribution in [0.5, 0.6) is 0 Å². The summed E-state index contributed by atoms with van der Waals surface area (Å²) in [6, 6.07) is 3.51. The Kier molecular flexibility index (Phi) is 3.86. The molecular formula is C12H11F3N2OS. The first-order valence-corrected chi connectivity index (χ1v) is 6.40. The Morgan fingerprint density at radius 2 is 2.11 bits per heavy atom. The van der Waals surface area contributed by atoms with Crippen LogP contribution in [0.1, 0.15) is 34.2 Å². The summed E-state index contributed by atoms with van der Waals surface area (Å²) < 4.78 is 37.4. The number of rotatable bonds is 3. The van der Waals surface area contributed by atoms with E-state index in [0.29, 0.717) is 23.5 Å². The first kappa shape index (κ1) is 14.0. The van der Waals surface area contributed by atoms with Crippen LogP contribution in [0.15, 0.2) is 24.5 Å². The number of halogens is 3. The first-order valence-electron chi connectivity index (χ1n) is 5.58. The summed E-state index contributed by atoms with van der Waals surface area (Å²) in [5.41, 5.74) is 1.18. The van der Waals surface area contributed by atoms with Crippen molar-refractivity contribution in [2.45, 2.75) is 25.6 Å². The molecule has 0 aliphatic carbocycles. The number of aromatic nitrogens is 2. The second-order valence-electron chi connectivity index (χ2n) is 3.87. The Bertz CT molecular complexity index is 568. The maximum absolute atomic E-state index is 12.5. The van der Waals surface area contributed by atoms with Gasteiger partial charge in [-0.1, -0.05) is 13.0 Å². The third-order valence-electron chi connectivity index (χ3n) is 2.60. The molecule has 2 aromatic heterocycles. The van der Waals surface area contributed by atoms with Gasteiger partial charge in [-0.05, 0) is 18.1 Å². The van der Waals surface area contributed by atoms with Crippen LogP contribution >= 0.6 is 11.3 Å². The van der Waals surface area contributed by atoms with Crippen molar-refractivity contribution in [2.24, 2.45) is 0 Å². The zero-order chi connectivity index (χ0) is 14.0. The predicted molar refractivity (Wildman–Crippen MR) is 64.8 cm³/mol. The Labute approximate surface area is 111 Å². The summed E-state index contributed by atoms with van der Waals surface area (Å²) in [6.45, 7) is 1.89. The van der Waals surface area contributed by atoms with Gasteiger partial charge in [-0.2, -0.15) is 13.2 Å². The summed E-state index contributed by atoms with van der Waals surface area (Å²) in [7, 11) is 0. The van der Waals surface area contributed by atoms with Gasteiger partial charge >= 0.3 is 6.18 Å². The van der Waals surface area contributed by atoms with Crippen molar-refractivity contribution in [3.63, 3.8) is 0 Å². The molecule has 102 valence electrons. The molecule has 0 radical (unpaired) electrons. The van der Waals surface area contributed by atoms with Gasteiger partial charge in [-0.3, -0.25) is 4.98 Å². The average Bonchev–Trinajstić information content (AvgIpc) is 2.87. The van der Waals surface area contributed by atoms with Crippen molar-refractivity contribution < 1.29 is 18.3 Å². The lowest BCUT2D eigenvalue weighted by Crippen LogP contribution is -2.04. The molecule has 19 heavy (non-hydrogen) atoms. The topological polar surface area (TPSA) is 46.0 Å². The Morgan fingerprint density at radius 1 is 1.37 bits per heavy atom. The fourth-order valence-electron chi connectivity index (χ4n) is 1.67. The molecule has 0 aliphatic rings. The molecule has 7 heteroatoms. The second-order valence-corrected chi connectivity index (χ2v) is 4.93. The lowest BCUT2D eigenvalue weighted by atomic mass is 10.1. The standard InChI is InChI=1S/C12H11F3N2OS/c1-2-7-4-3-5-16-9(7)10(18)8-6-17-11(19-8)12(13,14)15/h3-6,10,18H,2H2,1H3. The smallest absolute Gasteiger partial charge is 0.381 e. The largest absolute Gasteiger partial charge is 0.443 e. The van der Waals surface area contributed by atoms with Crippen molar-refractivity contribution in [1.29, 1.82) is 0 Å². The molecule has 0 aromatic carbocycles. The van der Waals surface area contributed by atoms with Crippen molar-refractivity contribution in [1.82, 2.24) is 9.97 Å². The molecule has 0 bridgehead atoms. The molecule has 0 saturated heterocycles. The fourth-order valence-corrected chi connectivity index (χ4v) is 2.45. The van der Waals surface area contributed by atoms with E-state index in [-0.39, 0.29) is 4.88 Å². The molecule has 1 N–H and O–H groups in total. The summed E-state index contributed by atoms with van der Waals surface area (Å²) >= 11 is 0.436. The maximum Gasteiger partial charge on any atom is 0.443 e. The molecule has 0 aliphatic heterocycles. The van der Waals surface area contributed by atoms with Crippen LogP contribution < -0.4 is 0 Å². The molecule has 0 amide bonds. The number of pyridine rings is 1. The normalized spacial score (nSPS) is 13.5. The van der Waals surface area contributed by atoms with E-state index < -0.39 is 17.3 Å². The maximum atomic E-state index is 12.5. The molecule has 2 aromatic rings. The van der Waals surface area contributed by atoms with Gasteiger partial charge in [0, 0.05) is 12.4 Å². The molecule has 3 nitrogen and oxygen atoms in total. The highest BCUT2D eigenvalue weighted by Crippen LogP contribution is 2.36. The lowest BCUT2D eigenvalue weighted by Gasteiger charge is -2.11. The van der Waals surface area contributed by atoms with E-state index >= 15 is 0 Å². The average molecular weight is 288 g/mol. The molecule has 2 rings (SSSR count). The monoisotopic (exact) mass is 288 g/mol. The SMILES string of the molecule is CCc1cccnc1C(O)c1cnc(C(F)(F)F)s1. The van der Waals surface area contributed by atoms with Gasteiger partial charge in [0.15, 0.2) is 5.01 Å². The summed E-state index contributed by atoms with van der Waals surface area (Å²) in [4.78, 5) is 7.48. The summed E-state index contributed by atoms with van der Waals surface area (Å²) in [6.07, 6.45) is -2.47. The molecule has 0 fully saturated rings. The van der Waals surface area contributed by atoms with Crippen LogP contribution in [-0.2, 0) is 12.6 Å². The van der Waals surface area contributed by atoms with Crippen molar-refractivity contribution in [3.05, 3.63) is 45.7 Å². The van der Waals surface area contributed by atoms with E-state index in [9.17, 15) is 18.3 Å². The van der Waals surface area contributed by atoms with Gasteiger partial charge in [0.05, 0.1) is 10.6 Å². The van der Waals surface area contributed by atoms with Gasteiger partial charge in [0.1, 0.15) is 6.10 Å². The zero-order valence-corrected chi connectivity index (χ0v) is 10.8. The third-order valence-corrected chi connectivity index (χ3v) is 3.70. The molecule has 1 unspecified atom stereocenters. The third kappa shape index (κ3) is 2.93. The molecule has 2 heterocycles. The van der Waals surface area contributed by atoms with Crippen LogP contribution in [0.25, 0.3) is 0 Å². The van der Waals surface area contributed by atoms with E-state index in [0.717, 1.165) is 11.8 Å². The summed E-state index contributed by atoms with van der Waals surface area (Å²) in [5.74, 6) is 0. The number of hydrogen-bond acceptors (Lipinski definition) is 4. The highest BCUT2D eigenvalue weighted by Gasteiger charge is 2.35. The quantitative estimate of drug-likeness (QED) is 0.943. The minimum Gasteiger partial charge on any atom is -0.381 e. The minimum atomic E-state index is -4.49. The Hall–Kier alpha value is -1.47. The van der Waals surface area contributed by atoms with Crippen LogP contribution in [0.4, 0.5) is 13.2 Å². The Balaban J connectivity index is 2.34. The van der Waals surface area contributed by atoms with Crippen molar-refractivity contribution in [3.8, 4) is 0 Å². The van der Waals surface area contributed by atoms with E-state index in [1.54, 1.807) is 12.1 Å². The number of aliphatic hydroxyl groups is 1. The van der Waals surface area contributed by atoms with Crippen LogP contribution in [0.2, 0.25) is 0 Å². The van der Waals surface area contributed by atoms with Crippen molar-refractivity contribution >= 4 is 11.3 Å². The lowest BCUT2D eigenvalue weighted by molar-refractivity contribution is -0.137. The van der Waals surface area contributed by atoms with Crippen LogP contribution in [-0.4, -0.2) is 15.1 Å². The first-order chi connectivity index (χ1) is 8.93. The highest BCUT2D eigenvalue weighted by atomic mass is 32.1. The van der Waals surface area contributed by atoms with Crippen LogP contribution in [0, 0.1) is 0 Å². The number of hydrogen-bond donors (Lipinski definition) is 1. The van der Waals surface area contributed by atoms with E-state index in [1.165, 1.54) is 6.20 Å². The molecule has 0 spiro atoms. The van der Waals surface area contributed by atoms with E-state index in [4.69, 9.17) is 0 Å². The number of aryl methyl sites for hydroxylation is 1. The fraction of sp³-hybridized carbons (Fsp3) is 0.333. The highest BCUT2D eigenvalue weighted by molar-refractivity contribution is 7.11. The van der Waals surface area contributed by atoms with E-state index in [2.05, 4.69) is 9.97 Å². The number of aliphatic hydroxyl groups excluding tert-OH is 1. The number of thiazole rings is 1. The summed E-state index contributed by atoms with van der Waals surface area (Å²) in [5, 5.41) is 9.16. The molecule has 1 atom stereocenters. The van der Waals surface area contributed by atoms with E-state index in [1.807, 2.05) is 6.92 Å². The van der Waals surface area contributed by atoms with Crippen LogP contribution in [0.3, 0.4) is 0 Å². The Morgan fingerprint density at radius 3 is 2.68 bits per heavy atom. The number of nitrogens with zero attached hydrogens (tertiary/aromatic N) is 2. The van der Waals surface area contributed by atoms with Gasteiger partial charge in [-0.15, -0.1) is 11.3 Å². The molecule has 0 saturated carbocycles. The van der Waals surface area contributed by atoms with Gasteiger partial charge in [0.25, 0.3) is 0 Å². The zero-order valence-electron chi connectivity index (χ0n) is 9.98. The predicted octanol–water partition coefficient (Wildman–Crippen LogP) is 3.20. The molecular weight excluding hydrogens is 277 g/mol. The van der Waals surface area contributed by atoms with Gasteiger partial charge in [-0.25, -0.2) is 4.98 Å². The second kappa shape index (κ2) is 5.26. The van der Waals surface area contributed by atoms with Crippen molar-refractivity contribution in [2.75, 3.05) is 0 Å². The van der Waals surface area contributed by atoms with Gasteiger partial charge < -0.3 is 5.11 Å². The van der Waals surface area contributed by atoms with Gasteiger partial charge in [0.2, 0.25) is 0 Å².